The maximum atomic E-state index is 4.78. The molecule has 18 heavy (non-hydrogen) atoms. The highest BCUT2D eigenvalue weighted by Gasteiger charge is 2.38. The van der Waals surface area contributed by atoms with Crippen LogP contribution in [0.2, 0.25) is 0 Å². The fourth-order valence-corrected chi connectivity index (χ4v) is 4.81. The number of amidine groups is 1. The van der Waals surface area contributed by atoms with Crippen molar-refractivity contribution in [3.63, 3.8) is 0 Å². The molecule has 0 radical (unpaired) electrons. The Kier molecular flexibility index (Phi) is 3.50. The lowest BCUT2D eigenvalue weighted by Gasteiger charge is -2.34. The van der Waals surface area contributed by atoms with Crippen LogP contribution in [0.25, 0.3) is 0 Å². The molecule has 0 aromatic carbocycles. The van der Waals surface area contributed by atoms with E-state index in [4.69, 9.17) is 4.99 Å². The van der Waals surface area contributed by atoms with Gasteiger partial charge in [-0.05, 0) is 12.1 Å². The number of aliphatic imine (C=N–C) groups is 1. The van der Waals surface area contributed by atoms with Crippen LogP contribution in [0.15, 0.2) is 17.4 Å². The van der Waals surface area contributed by atoms with Gasteiger partial charge in [-0.15, -0.1) is 0 Å². The topological polar surface area (TPSA) is 33.4 Å². The van der Waals surface area contributed by atoms with Crippen molar-refractivity contribution in [2.45, 2.75) is 38.9 Å². The van der Waals surface area contributed by atoms with Crippen LogP contribution in [0.3, 0.4) is 0 Å². The van der Waals surface area contributed by atoms with Gasteiger partial charge in [0.05, 0.1) is 6.54 Å². The van der Waals surface area contributed by atoms with Gasteiger partial charge in [-0.25, -0.2) is 4.98 Å². The molecule has 4 nitrogen and oxygen atoms in total. The van der Waals surface area contributed by atoms with E-state index in [1.807, 2.05) is 12.4 Å². The van der Waals surface area contributed by atoms with Gasteiger partial charge in [-0.3, -0.25) is 4.99 Å². The second-order valence-corrected chi connectivity index (χ2v) is 8.76. The third-order valence-electron chi connectivity index (χ3n) is 3.34. The lowest BCUT2D eigenvalue weighted by molar-refractivity contribution is 0.437. The lowest BCUT2D eigenvalue weighted by Crippen LogP contribution is -2.37. The Morgan fingerprint density at radius 1 is 1.33 bits per heavy atom. The highest BCUT2D eigenvalue weighted by Crippen LogP contribution is 2.51. The van der Waals surface area contributed by atoms with Gasteiger partial charge in [-0.1, -0.05) is 20.8 Å². The molecular formula is C13H23N4P. The molecule has 100 valence electrons. The molecule has 0 aliphatic carbocycles. The van der Waals surface area contributed by atoms with Crippen molar-refractivity contribution in [1.29, 1.82) is 0 Å². The van der Waals surface area contributed by atoms with Crippen molar-refractivity contribution in [3.8, 4) is 0 Å². The summed E-state index contributed by atoms with van der Waals surface area (Å²) in [6.07, 6.45) is 3.91. The summed E-state index contributed by atoms with van der Waals surface area (Å²) in [6, 6.07) is 0.507. The van der Waals surface area contributed by atoms with Crippen LogP contribution in [-0.2, 0) is 7.05 Å². The molecule has 0 spiro atoms. The zero-order chi connectivity index (χ0) is 13.5. The van der Waals surface area contributed by atoms with Crippen molar-refractivity contribution < 1.29 is 0 Å². The van der Waals surface area contributed by atoms with Crippen molar-refractivity contribution >= 4 is 19.1 Å². The van der Waals surface area contributed by atoms with E-state index in [0.717, 1.165) is 12.1 Å². The molecule has 1 aliphatic heterocycles. The first-order valence-corrected chi connectivity index (χ1v) is 7.71. The molecule has 0 saturated carbocycles. The highest BCUT2D eigenvalue weighted by molar-refractivity contribution is 7.82. The Labute approximate surface area is 111 Å². The summed E-state index contributed by atoms with van der Waals surface area (Å²) >= 11 is 0. The van der Waals surface area contributed by atoms with Crippen molar-refractivity contribution in [1.82, 2.24) is 14.5 Å². The minimum absolute atomic E-state index is 0.172. The fourth-order valence-electron chi connectivity index (χ4n) is 2.14. The average molecular weight is 266 g/mol. The Morgan fingerprint density at radius 3 is 2.39 bits per heavy atom. The predicted octanol–water partition coefficient (Wildman–Crippen LogP) is 2.02. The van der Waals surface area contributed by atoms with E-state index in [0.29, 0.717) is 6.04 Å². The summed E-state index contributed by atoms with van der Waals surface area (Å²) in [6.45, 7) is 9.99. The summed E-state index contributed by atoms with van der Waals surface area (Å²) in [5.74, 6) is 0. The molecule has 0 saturated heterocycles. The monoisotopic (exact) mass is 266 g/mol. The Balaban J connectivity index is 2.43. The number of imidazole rings is 1. The molecule has 0 fully saturated rings. The van der Waals surface area contributed by atoms with Gasteiger partial charge in [0, 0.05) is 40.5 Å². The first-order valence-electron chi connectivity index (χ1n) is 6.37. The first kappa shape index (κ1) is 13.5. The van der Waals surface area contributed by atoms with E-state index in [2.05, 4.69) is 56.2 Å². The van der Waals surface area contributed by atoms with Gasteiger partial charge in [0.1, 0.15) is 11.1 Å². The highest BCUT2D eigenvalue weighted by atomic mass is 31.1. The molecule has 2 rings (SSSR count). The summed E-state index contributed by atoms with van der Waals surface area (Å²) in [4.78, 5) is 11.7. The van der Waals surface area contributed by atoms with Gasteiger partial charge >= 0.3 is 0 Å². The molecule has 0 amide bonds. The Morgan fingerprint density at radius 2 is 2.00 bits per heavy atom. The van der Waals surface area contributed by atoms with Gasteiger partial charge in [0.15, 0.2) is 0 Å². The van der Waals surface area contributed by atoms with Gasteiger partial charge in [0.25, 0.3) is 0 Å². The molecular weight excluding hydrogens is 243 g/mol. The van der Waals surface area contributed by atoms with Crippen molar-refractivity contribution in [2.75, 3.05) is 13.6 Å². The van der Waals surface area contributed by atoms with Gasteiger partial charge in [-0.2, -0.15) is 0 Å². The van der Waals surface area contributed by atoms with Crippen LogP contribution in [0.5, 0.6) is 0 Å². The summed E-state index contributed by atoms with van der Waals surface area (Å²) < 4.78 is 2.14. The second kappa shape index (κ2) is 4.65. The predicted molar refractivity (Wildman–Crippen MR) is 79.0 cm³/mol. The van der Waals surface area contributed by atoms with E-state index in [-0.39, 0.29) is 5.16 Å². The minimum atomic E-state index is -0.520. The number of hydrogen-bond donors (Lipinski definition) is 0. The average Bonchev–Trinajstić information content (AvgIpc) is 2.79. The molecule has 1 aliphatic rings. The number of likely N-dealkylation sites (N-methyl/N-ethyl adjacent to an activating group) is 1. The third-order valence-corrected chi connectivity index (χ3v) is 6.37. The largest absolute Gasteiger partial charge is 0.355 e. The van der Waals surface area contributed by atoms with Gasteiger partial charge in [0.2, 0.25) is 0 Å². The zero-order valence-corrected chi connectivity index (χ0v) is 13.1. The molecule has 0 bridgehead atoms. The summed E-state index contributed by atoms with van der Waals surface area (Å²) in [7, 11) is 3.71. The molecule has 1 aromatic rings. The minimum Gasteiger partial charge on any atom is -0.355 e. The molecule has 5 heteroatoms. The maximum Gasteiger partial charge on any atom is 0.139 e. The fraction of sp³-hybridized carbons (Fsp3) is 0.692. The number of nitrogens with zero attached hydrogens (tertiary/aromatic N) is 4. The smallest absolute Gasteiger partial charge is 0.139 e. The van der Waals surface area contributed by atoms with Crippen molar-refractivity contribution in [2.24, 2.45) is 12.0 Å². The molecule has 1 aromatic heterocycles. The number of aromatic nitrogens is 2. The van der Waals surface area contributed by atoms with E-state index in [9.17, 15) is 0 Å². The third kappa shape index (κ3) is 2.31. The summed E-state index contributed by atoms with van der Waals surface area (Å²) in [5.41, 5.74) is 2.40. The van der Waals surface area contributed by atoms with E-state index in [1.165, 1.54) is 5.58 Å². The zero-order valence-electron chi connectivity index (χ0n) is 12.2. The lowest BCUT2D eigenvalue weighted by atomic mass is 10.3. The van der Waals surface area contributed by atoms with Crippen LogP contribution in [0.4, 0.5) is 0 Å². The number of rotatable bonds is 2. The van der Waals surface area contributed by atoms with Crippen LogP contribution < -0.4 is 5.57 Å². The van der Waals surface area contributed by atoms with Crippen LogP contribution in [0.1, 0.15) is 27.7 Å². The number of hydrogen-bond acceptors (Lipinski definition) is 3. The first-order chi connectivity index (χ1) is 8.32. The van der Waals surface area contributed by atoms with E-state index < -0.39 is 7.92 Å². The van der Waals surface area contributed by atoms with Crippen LogP contribution in [0, 0.1) is 0 Å². The van der Waals surface area contributed by atoms with Crippen molar-refractivity contribution in [3.05, 3.63) is 12.4 Å². The maximum absolute atomic E-state index is 4.78. The SMILES string of the molecule is CC1CN=C(P(c2nccn2C)C(C)(C)C)N1C. The molecule has 0 N–H and O–H groups in total. The Hall–Kier alpha value is -0.890. The Bertz CT molecular complexity index is 458. The standard InChI is InChI=1S/C13H23N4P/c1-10-9-15-12(17(10)6)18(13(2,3)4)11-14-7-8-16(11)5/h7-8,10H,9H2,1-6H3. The molecule has 2 unspecified atom stereocenters. The molecule has 2 atom stereocenters. The second-order valence-electron chi connectivity index (χ2n) is 5.94. The quantitative estimate of drug-likeness (QED) is 0.767. The number of aryl methyl sites for hydroxylation is 1. The normalized spacial score (nSPS) is 22.2. The van der Waals surface area contributed by atoms with Crippen LogP contribution in [-0.4, -0.2) is 44.8 Å². The summed E-state index contributed by atoms with van der Waals surface area (Å²) in [5, 5.41) is 0.172. The van der Waals surface area contributed by atoms with Gasteiger partial charge < -0.3 is 9.47 Å². The van der Waals surface area contributed by atoms with Crippen LogP contribution >= 0.6 is 7.92 Å². The van der Waals surface area contributed by atoms with E-state index in [1.54, 1.807) is 0 Å². The van der Waals surface area contributed by atoms with E-state index >= 15 is 0 Å². The molecule has 2 heterocycles.